The van der Waals surface area contributed by atoms with Gasteiger partial charge >= 0.3 is 0 Å². The number of fused-ring (bicyclic) bond motifs is 2. The number of imidazole rings is 1. The van der Waals surface area contributed by atoms with Crippen LogP contribution in [0, 0.1) is 6.92 Å². The molecule has 0 amide bonds. The van der Waals surface area contributed by atoms with Crippen LogP contribution in [-0.2, 0) is 0 Å². The van der Waals surface area contributed by atoms with Crippen LogP contribution in [0.15, 0.2) is 67.1 Å². The molecule has 120 valence electrons. The molecule has 0 saturated heterocycles. The van der Waals surface area contributed by atoms with Gasteiger partial charge in [-0.1, -0.05) is 0 Å². The van der Waals surface area contributed by atoms with Crippen molar-refractivity contribution < 1.29 is 0 Å². The van der Waals surface area contributed by atoms with E-state index in [-0.39, 0.29) is 0 Å². The minimum Gasteiger partial charge on any atom is -0.361 e. The Morgan fingerprint density at radius 1 is 0.920 bits per heavy atom. The van der Waals surface area contributed by atoms with Crippen molar-refractivity contribution >= 4 is 22.1 Å². The van der Waals surface area contributed by atoms with Crippen molar-refractivity contribution in [3.63, 3.8) is 0 Å². The lowest BCUT2D eigenvalue weighted by molar-refractivity contribution is 0.990. The highest BCUT2D eigenvalue weighted by Gasteiger charge is 2.12. The lowest BCUT2D eigenvalue weighted by atomic mass is 10.2. The molecule has 0 unspecified atom stereocenters. The second-order valence-corrected chi connectivity index (χ2v) is 6.02. The van der Waals surface area contributed by atoms with E-state index in [2.05, 4.69) is 43.8 Å². The summed E-state index contributed by atoms with van der Waals surface area (Å²) in [6, 6.07) is 16.4. The summed E-state index contributed by atoms with van der Waals surface area (Å²) in [5.74, 6) is 0.921. The predicted octanol–water partition coefficient (Wildman–Crippen LogP) is 4.27. The first-order chi connectivity index (χ1) is 12.3. The fourth-order valence-electron chi connectivity index (χ4n) is 3.24. The zero-order valence-electron chi connectivity index (χ0n) is 13.6. The van der Waals surface area contributed by atoms with E-state index >= 15 is 0 Å². The Balaban J connectivity index is 1.75. The Kier molecular flexibility index (Phi) is 2.94. The minimum atomic E-state index is 0.863. The zero-order valence-corrected chi connectivity index (χ0v) is 13.6. The molecule has 0 aliphatic heterocycles. The number of aryl methyl sites for hydroxylation is 1. The van der Waals surface area contributed by atoms with Gasteiger partial charge in [-0.05, 0) is 55.5 Å². The summed E-state index contributed by atoms with van der Waals surface area (Å²) in [5.41, 5.74) is 5.90. The van der Waals surface area contributed by atoms with Crippen LogP contribution in [0.4, 0.5) is 0 Å². The predicted molar refractivity (Wildman–Crippen MR) is 98.7 cm³/mol. The van der Waals surface area contributed by atoms with Gasteiger partial charge in [-0.15, -0.1) is 0 Å². The second kappa shape index (κ2) is 5.27. The van der Waals surface area contributed by atoms with Crippen molar-refractivity contribution in [3.8, 4) is 16.9 Å². The number of hydrogen-bond acceptors (Lipinski definition) is 3. The molecule has 0 atom stereocenters. The average Bonchev–Trinajstić information content (AvgIpc) is 3.24. The summed E-state index contributed by atoms with van der Waals surface area (Å²) in [4.78, 5) is 16.9. The number of pyridine rings is 2. The van der Waals surface area contributed by atoms with Gasteiger partial charge in [0.1, 0.15) is 11.3 Å². The summed E-state index contributed by atoms with van der Waals surface area (Å²) in [5, 5.41) is 1.17. The van der Waals surface area contributed by atoms with Crippen molar-refractivity contribution in [1.82, 2.24) is 24.5 Å². The summed E-state index contributed by atoms with van der Waals surface area (Å²) in [6.45, 7) is 2.01. The normalized spacial score (nSPS) is 11.4. The molecule has 5 aromatic rings. The summed E-state index contributed by atoms with van der Waals surface area (Å²) in [7, 11) is 0. The lowest BCUT2D eigenvalue weighted by Gasteiger charge is -2.08. The third kappa shape index (κ3) is 2.21. The van der Waals surface area contributed by atoms with Crippen molar-refractivity contribution in [3.05, 3.63) is 72.9 Å². The number of rotatable bonds is 2. The molecule has 5 heteroatoms. The van der Waals surface area contributed by atoms with Gasteiger partial charge in [-0.3, -0.25) is 9.55 Å². The number of nitrogens with one attached hydrogen (secondary N) is 1. The Morgan fingerprint density at radius 3 is 2.68 bits per heavy atom. The molecule has 4 heterocycles. The maximum Gasteiger partial charge on any atom is 0.165 e. The van der Waals surface area contributed by atoms with Gasteiger partial charge in [0.05, 0.1) is 5.69 Å². The van der Waals surface area contributed by atoms with E-state index in [1.807, 2.05) is 37.4 Å². The molecular formula is C20H15N5. The molecule has 0 aliphatic rings. The smallest absolute Gasteiger partial charge is 0.165 e. The number of aromatic amines is 1. The largest absolute Gasteiger partial charge is 0.361 e. The quantitative estimate of drug-likeness (QED) is 0.527. The molecule has 25 heavy (non-hydrogen) atoms. The highest BCUT2D eigenvalue weighted by Crippen LogP contribution is 2.25. The maximum atomic E-state index is 4.88. The number of H-pyrrole nitrogens is 1. The molecule has 0 saturated carbocycles. The number of aromatic nitrogens is 5. The first-order valence-electron chi connectivity index (χ1n) is 8.14. The van der Waals surface area contributed by atoms with Gasteiger partial charge in [0.25, 0.3) is 0 Å². The van der Waals surface area contributed by atoms with E-state index in [1.165, 1.54) is 5.39 Å². The van der Waals surface area contributed by atoms with E-state index in [4.69, 9.17) is 4.98 Å². The van der Waals surface area contributed by atoms with Gasteiger partial charge in [-0.25, -0.2) is 9.97 Å². The van der Waals surface area contributed by atoms with Crippen LogP contribution in [0.5, 0.6) is 0 Å². The van der Waals surface area contributed by atoms with Gasteiger partial charge in [-0.2, -0.15) is 0 Å². The fourth-order valence-corrected chi connectivity index (χ4v) is 3.24. The molecule has 1 aromatic carbocycles. The molecule has 0 bridgehead atoms. The lowest BCUT2D eigenvalue weighted by Crippen LogP contribution is -1.98. The van der Waals surface area contributed by atoms with E-state index in [9.17, 15) is 0 Å². The molecule has 0 fully saturated rings. The van der Waals surface area contributed by atoms with Gasteiger partial charge in [0.15, 0.2) is 5.65 Å². The second-order valence-electron chi connectivity index (χ2n) is 6.02. The highest BCUT2D eigenvalue weighted by atomic mass is 15.1. The van der Waals surface area contributed by atoms with E-state index in [1.54, 1.807) is 12.4 Å². The van der Waals surface area contributed by atoms with Crippen molar-refractivity contribution in [1.29, 1.82) is 0 Å². The third-order valence-corrected chi connectivity index (χ3v) is 4.44. The maximum absolute atomic E-state index is 4.88. The van der Waals surface area contributed by atoms with Crippen molar-refractivity contribution in [2.45, 2.75) is 6.92 Å². The standard InChI is InChI=1S/C20H15N5/c1-13-23-19-5-4-18(14-6-9-21-10-7-14)24-20(19)25(13)16-2-3-17-15(12-16)8-11-22-17/h2-12,22H,1H3. The average molecular weight is 325 g/mol. The van der Waals surface area contributed by atoms with Crippen LogP contribution in [0.1, 0.15) is 5.82 Å². The molecule has 1 N–H and O–H groups in total. The van der Waals surface area contributed by atoms with E-state index in [0.717, 1.165) is 39.4 Å². The summed E-state index contributed by atoms with van der Waals surface area (Å²) in [6.07, 6.45) is 5.51. The van der Waals surface area contributed by atoms with Gasteiger partial charge < -0.3 is 4.98 Å². The molecule has 0 radical (unpaired) electrons. The molecule has 5 nitrogen and oxygen atoms in total. The Labute approximate surface area is 144 Å². The van der Waals surface area contributed by atoms with E-state index < -0.39 is 0 Å². The van der Waals surface area contributed by atoms with Crippen LogP contribution in [0.25, 0.3) is 39.0 Å². The zero-order chi connectivity index (χ0) is 16.8. The summed E-state index contributed by atoms with van der Waals surface area (Å²) >= 11 is 0. The molecule has 0 aliphatic carbocycles. The number of nitrogens with zero attached hydrogens (tertiary/aromatic N) is 4. The van der Waals surface area contributed by atoms with Crippen LogP contribution >= 0.6 is 0 Å². The SMILES string of the molecule is Cc1nc2ccc(-c3ccncc3)nc2n1-c1ccc2[nH]ccc2c1. The molecular weight excluding hydrogens is 310 g/mol. The summed E-state index contributed by atoms with van der Waals surface area (Å²) < 4.78 is 2.10. The molecule has 0 spiro atoms. The Hall–Kier alpha value is -3.47. The van der Waals surface area contributed by atoms with Crippen LogP contribution in [-0.4, -0.2) is 24.5 Å². The minimum absolute atomic E-state index is 0.863. The van der Waals surface area contributed by atoms with Crippen molar-refractivity contribution in [2.75, 3.05) is 0 Å². The van der Waals surface area contributed by atoms with Gasteiger partial charge in [0.2, 0.25) is 0 Å². The topological polar surface area (TPSA) is 59.4 Å². The fraction of sp³-hybridized carbons (Fsp3) is 0.0500. The third-order valence-electron chi connectivity index (χ3n) is 4.44. The van der Waals surface area contributed by atoms with Crippen LogP contribution in [0.2, 0.25) is 0 Å². The Bertz CT molecular complexity index is 1200. The number of hydrogen-bond donors (Lipinski definition) is 1. The monoisotopic (exact) mass is 325 g/mol. The van der Waals surface area contributed by atoms with Crippen LogP contribution in [0.3, 0.4) is 0 Å². The molecule has 5 rings (SSSR count). The first kappa shape index (κ1) is 13.9. The van der Waals surface area contributed by atoms with Crippen LogP contribution < -0.4 is 0 Å². The van der Waals surface area contributed by atoms with E-state index in [0.29, 0.717) is 0 Å². The molecule has 4 aromatic heterocycles. The highest BCUT2D eigenvalue weighted by molar-refractivity contribution is 5.83. The van der Waals surface area contributed by atoms with Gasteiger partial charge in [0, 0.05) is 40.7 Å². The van der Waals surface area contributed by atoms with Crippen molar-refractivity contribution in [2.24, 2.45) is 0 Å². The Morgan fingerprint density at radius 2 is 1.80 bits per heavy atom. The number of benzene rings is 1. The first-order valence-corrected chi connectivity index (χ1v) is 8.14.